The molecule has 0 fully saturated rings. The van der Waals surface area contributed by atoms with E-state index in [0.717, 1.165) is 21.9 Å². The Bertz CT molecular complexity index is 1150. The molecule has 3 aromatic rings. The van der Waals surface area contributed by atoms with Crippen molar-refractivity contribution in [3.63, 3.8) is 0 Å². The van der Waals surface area contributed by atoms with Gasteiger partial charge >= 0.3 is 0 Å². The number of thiazole rings is 1. The van der Waals surface area contributed by atoms with Crippen LogP contribution >= 0.6 is 22.7 Å². The molecular formula is C19H18FN3O4S3. The Morgan fingerprint density at radius 2 is 1.87 bits per heavy atom. The van der Waals surface area contributed by atoms with Gasteiger partial charge in [-0.1, -0.05) is 0 Å². The van der Waals surface area contributed by atoms with Crippen LogP contribution < -0.4 is 10.6 Å². The lowest BCUT2D eigenvalue weighted by Crippen LogP contribution is -2.17. The van der Waals surface area contributed by atoms with Gasteiger partial charge in [0.1, 0.15) is 5.82 Å². The number of hydrogen-bond donors (Lipinski definition) is 2. The lowest BCUT2D eigenvalue weighted by molar-refractivity contribution is -0.119. The minimum absolute atomic E-state index is 0.0269. The first-order valence-corrected chi connectivity index (χ1v) is 12.1. The zero-order chi connectivity index (χ0) is 21.7. The average Bonchev–Trinajstić information content (AvgIpc) is 3.34. The first-order valence-electron chi connectivity index (χ1n) is 8.80. The molecule has 2 aromatic heterocycles. The van der Waals surface area contributed by atoms with Crippen LogP contribution in [0, 0.1) is 5.82 Å². The van der Waals surface area contributed by atoms with Crippen LogP contribution in [-0.2, 0) is 26.0 Å². The van der Waals surface area contributed by atoms with Crippen LogP contribution in [0.15, 0.2) is 46.7 Å². The van der Waals surface area contributed by atoms with Crippen LogP contribution in [0.4, 0.5) is 9.52 Å². The van der Waals surface area contributed by atoms with Crippen LogP contribution in [0.25, 0.3) is 10.6 Å². The van der Waals surface area contributed by atoms with E-state index in [1.54, 1.807) is 5.38 Å². The molecule has 2 amide bonds. The van der Waals surface area contributed by atoms with Crippen LogP contribution in [0.1, 0.15) is 18.2 Å². The van der Waals surface area contributed by atoms with E-state index in [-0.39, 0.29) is 23.0 Å². The largest absolute Gasteiger partial charge is 0.351 e. The molecule has 0 aliphatic carbocycles. The van der Waals surface area contributed by atoms with Crippen molar-refractivity contribution in [2.75, 3.05) is 11.1 Å². The van der Waals surface area contributed by atoms with Crippen LogP contribution in [-0.4, -0.2) is 31.0 Å². The Labute approximate surface area is 180 Å². The van der Waals surface area contributed by atoms with E-state index < -0.39 is 21.6 Å². The van der Waals surface area contributed by atoms with Crippen molar-refractivity contribution < 1.29 is 22.4 Å². The van der Waals surface area contributed by atoms with Crippen molar-refractivity contribution in [3.8, 4) is 10.6 Å². The highest BCUT2D eigenvalue weighted by atomic mass is 32.2. The third kappa shape index (κ3) is 5.94. The molecule has 158 valence electrons. The second-order valence-corrected chi connectivity index (χ2v) is 10.4. The van der Waals surface area contributed by atoms with Crippen LogP contribution in [0.2, 0.25) is 0 Å². The SMILES string of the molecule is CC(=O)NCc1ccc(-c2csc(NC(=O)CCS(=O)(=O)c3ccc(F)cc3)n2)s1. The van der Waals surface area contributed by atoms with Crippen molar-refractivity contribution in [1.29, 1.82) is 0 Å². The predicted molar refractivity (Wildman–Crippen MR) is 115 cm³/mol. The molecule has 0 saturated carbocycles. The van der Waals surface area contributed by atoms with Gasteiger partial charge in [0.25, 0.3) is 0 Å². The van der Waals surface area contributed by atoms with Gasteiger partial charge in [0.15, 0.2) is 15.0 Å². The van der Waals surface area contributed by atoms with Gasteiger partial charge in [-0.2, -0.15) is 0 Å². The normalized spacial score (nSPS) is 11.3. The fourth-order valence-electron chi connectivity index (χ4n) is 2.44. The topological polar surface area (TPSA) is 105 Å². The molecule has 2 N–H and O–H groups in total. The van der Waals surface area contributed by atoms with E-state index in [1.165, 1.54) is 41.7 Å². The summed E-state index contributed by atoms with van der Waals surface area (Å²) in [5.74, 6) is -1.50. The molecule has 0 spiro atoms. The Balaban J connectivity index is 1.56. The number of halogens is 1. The fraction of sp³-hybridized carbons (Fsp3) is 0.211. The molecular weight excluding hydrogens is 449 g/mol. The van der Waals surface area contributed by atoms with Gasteiger partial charge in [0, 0.05) is 23.6 Å². The van der Waals surface area contributed by atoms with Gasteiger partial charge in [-0.3, -0.25) is 9.59 Å². The number of aromatic nitrogens is 1. The molecule has 0 bridgehead atoms. The third-order valence-corrected chi connectivity index (χ3v) is 7.54. The predicted octanol–water partition coefficient (Wildman–Crippen LogP) is 3.45. The lowest BCUT2D eigenvalue weighted by Gasteiger charge is -2.04. The number of amides is 2. The molecule has 0 aliphatic heterocycles. The molecule has 11 heteroatoms. The highest BCUT2D eigenvalue weighted by Gasteiger charge is 2.17. The summed E-state index contributed by atoms with van der Waals surface area (Å²) in [4.78, 5) is 29.3. The summed E-state index contributed by atoms with van der Waals surface area (Å²) >= 11 is 2.72. The number of benzene rings is 1. The first kappa shape index (κ1) is 22.1. The summed E-state index contributed by atoms with van der Waals surface area (Å²) in [6, 6.07) is 8.27. The summed E-state index contributed by atoms with van der Waals surface area (Å²) in [7, 11) is -3.68. The number of carbonyl (C=O) groups is 2. The Hall–Kier alpha value is -2.63. The van der Waals surface area contributed by atoms with Crippen LogP contribution in [0.5, 0.6) is 0 Å². The summed E-state index contributed by atoms with van der Waals surface area (Å²) < 4.78 is 37.4. The molecule has 1 aromatic carbocycles. The average molecular weight is 468 g/mol. The van der Waals surface area contributed by atoms with Gasteiger partial charge in [-0.15, -0.1) is 22.7 Å². The number of anilines is 1. The monoisotopic (exact) mass is 467 g/mol. The maximum atomic E-state index is 12.9. The van der Waals surface area contributed by atoms with E-state index in [4.69, 9.17) is 0 Å². The lowest BCUT2D eigenvalue weighted by atomic mass is 10.3. The van der Waals surface area contributed by atoms with Crippen molar-refractivity contribution in [3.05, 3.63) is 52.5 Å². The molecule has 3 rings (SSSR count). The summed E-state index contributed by atoms with van der Waals surface area (Å²) in [6.07, 6.45) is -0.242. The number of carbonyl (C=O) groups excluding carboxylic acids is 2. The van der Waals surface area contributed by atoms with Crippen molar-refractivity contribution in [1.82, 2.24) is 10.3 Å². The van der Waals surface area contributed by atoms with E-state index in [9.17, 15) is 22.4 Å². The van der Waals surface area contributed by atoms with E-state index in [1.807, 2.05) is 12.1 Å². The maximum Gasteiger partial charge on any atom is 0.227 e. The van der Waals surface area contributed by atoms with E-state index in [0.29, 0.717) is 17.4 Å². The van der Waals surface area contributed by atoms with Crippen molar-refractivity contribution in [2.45, 2.75) is 24.8 Å². The third-order valence-electron chi connectivity index (χ3n) is 3.95. The smallest absolute Gasteiger partial charge is 0.227 e. The number of nitrogens with zero attached hydrogens (tertiary/aromatic N) is 1. The van der Waals surface area contributed by atoms with Gasteiger partial charge in [0.2, 0.25) is 11.8 Å². The Morgan fingerprint density at radius 1 is 1.13 bits per heavy atom. The van der Waals surface area contributed by atoms with Gasteiger partial charge in [-0.05, 0) is 36.4 Å². The standard InChI is InChI=1S/C19H18FN3O4S3/c1-12(24)21-10-14-4-7-17(29-14)16-11-28-19(22-16)23-18(25)8-9-30(26,27)15-5-2-13(20)3-6-15/h2-7,11H,8-10H2,1H3,(H,21,24)(H,22,23,25). The Kier molecular flexibility index (Phi) is 6.95. The molecule has 0 atom stereocenters. The summed E-state index contributed by atoms with van der Waals surface area (Å²) in [5, 5.41) is 7.49. The van der Waals surface area contributed by atoms with Crippen LogP contribution in [0.3, 0.4) is 0 Å². The minimum Gasteiger partial charge on any atom is -0.351 e. The van der Waals surface area contributed by atoms with E-state index >= 15 is 0 Å². The number of thiophene rings is 1. The second kappa shape index (κ2) is 9.45. The zero-order valence-electron chi connectivity index (χ0n) is 15.8. The number of nitrogens with one attached hydrogen (secondary N) is 2. The molecule has 0 unspecified atom stereocenters. The van der Waals surface area contributed by atoms with Crippen molar-refractivity contribution >= 4 is 49.5 Å². The fourth-order valence-corrected chi connectivity index (χ4v) is 5.39. The van der Waals surface area contributed by atoms with Gasteiger partial charge in [-0.25, -0.2) is 17.8 Å². The van der Waals surface area contributed by atoms with Gasteiger partial charge in [0.05, 0.1) is 27.8 Å². The number of hydrogen-bond acceptors (Lipinski definition) is 7. The number of rotatable bonds is 8. The van der Waals surface area contributed by atoms with Gasteiger partial charge < -0.3 is 10.6 Å². The first-order chi connectivity index (χ1) is 14.2. The summed E-state index contributed by atoms with van der Waals surface area (Å²) in [6.45, 7) is 1.89. The zero-order valence-corrected chi connectivity index (χ0v) is 18.3. The Morgan fingerprint density at radius 3 is 2.57 bits per heavy atom. The van der Waals surface area contributed by atoms with Crippen molar-refractivity contribution in [2.24, 2.45) is 0 Å². The second-order valence-electron chi connectivity index (χ2n) is 6.28. The molecule has 0 saturated heterocycles. The van der Waals surface area contributed by atoms with E-state index in [2.05, 4.69) is 15.6 Å². The molecule has 7 nitrogen and oxygen atoms in total. The molecule has 0 radical (unpaired) electrons. The quantitative estimate of drug-likeness (QED) is 0.494. The molecule has 0 aliphatic rings. The highest BCUT2D eigenvalue weighted by Crippen LogP contribution is 2.30. The summed E-state index contributed by atoms with van der Waals surface area (Å²) in [5.41, 5.74) is 0.688. The molecule has 30 heavy (non-hydrogen) atoms. The molecule has 2 heterocycles. The minimum atomic E-state index is -3.68. The maximum absolute atomic E-state index is 12.9. The number of sulfone groups is 1. The highest BCUT2D eigenvalue weighted by molar-refractivity contribution is 7.91.